The highest BCUT2D eigenvalue weighted by atomic mass is 16.9. The molecule has 0 fully saturated rings. The van der Waals surface area contributed by atoms with Gasteiger partial charge in [0.25, 0.3) is 5.97 Å². The zero-order chi connectivity index (χ0) is 27.8. The van der Waals surface area contributed by atoms with E-state index in [-0.39, 0.29) is 13.2 Å². The molecule has 2 aromatic carbocycles. The summed E-state index contributed by atoms with van der Waals surface area (Å²) >= 11 is 0. The van der Waals surface area contributed by atoms with Gasteiger partial charge in [0, 0.05) is 67.7 Å². The number of carbonyl (C=O) groups excluding carboxylic acids is 1. The molecule has 0 unspecified atom stereocenters. The summed E-state index contributed by atoms with van der Waals surface area (Å²) in [6.07, 6.45) is 0. The van der Waals surface area contributed by atoms with Crippen molar-refractivity contribution in [1.29, 1.82) is 0 Å². The van der Waals surface area contributed by atoms with Crippen molar-refractivity contribution in [3.8, 4) is 11.4 Å². The summed E-state index contributed by atoms with van der Waals surface area (Å²) < 4.78 is 19.3. The number of nitrogens with zero attached hydrogens (tertiary/aromatic N) is 3. The second-order valence-electron chi connectivity index (χ2n) is 7.60. The van der Waals surface area contributed by atoms with Gasteiger partial charge in [0.1, 0.15) is 0 Å². The number of methoxy groups -OCH3 is 3. The average Bonchev–Trinajstić information content (AvgIpc) is 3.38. The lowest BCUT2D eigenvalue weighted by Gasteiger charge is -2.23. The van der Waals surface area contributed by atoms with E-state index in [9.17, 15) is 4.79 Å². The molecule has 3 rings (SSSR count). The van der Waals surface area contributed by atoms with Crippen LogP contribution in [0, 0.1) is 6.92 Å². The molecule has 0 aliphatic carbocycles. The number of benzene rings is 2. The van der Waals surface area contributed by atoms with Gasteiger partial charge in [-0.3, -0.25) is 4.79 Å². The number of carbonyl (C=O) groups is 1. The monoisotopic (exact) mass is 518 g/mol. The quantitative estimate of drug-likeness (QED) is 0.114. The van der Waals surface area contributed by atoms with Crippen LogP contribution in [0.1, 0.15) is 37.9 Å². The van der Waals surface area contributed by atoms with Crippen LogP contribution in [0.2, 0.25) is 0 Å². The largest absolute Gasteiger partial charge is 0.409 e. The number of aromatic nitrogens is 2. The number of rotatable bonds is 8. The van der Waals surface area contributed by atoms with E-state index in [0.717, 1.165) is 16.7 Å². The number of hydrogen-bond donors (Lipinski definition) is 4. The number of amidine groups is 1. The van der Waals surface area contributed by atoms with E-state index in [2.05, 4.69) is 20.6 Å². The van der Waals surface area contributed by atoms with Crippen LogP contribution in [-0.4, -0.2) is 54.4 Å². The maximum absolute atomic E-state index is 10.8. The van der Waals surface area contributed by atoms with E-state index in [1.807, 2.05) is 36.4 Å². The predicted octanol–water partition coefficient (Wildman–Crippen LogP) is 2.77. The molecule has 0 radical (unpaired) electrons. The minimum absolute atomic E-state index is 0. The third-order valence-corrected chi connectivity index (χ3v) is 4.99. The molecule has 0 atom stereocenters. The van der Waals surface area contributed by atoms with E-state index in [0.29, 0.717) is 30.4 Å². The van der Waals surface area contributed by atoms with Crippen LogP contribution in [0.3, 0.4) is 0 Å². The topological polar surface area (TPSA) is 180 Å². The summed E-state index contributed by atoms with van der Waals surface area (Å²) in [4.78, 5) is 14.9. The van der Waals surface area contributed by atoms with Crippen molar-refractivity contribution in [2.75, 3.05) is 21.3 Å². The van der Waals surface area contributed by atoms with Crippen LogP contribution in [0.15, 0.2) is 58.2 Å². The zero-order valence-electron chi connectivity index (χ0n) is 22.0. The second kappa shape index (κ2) is 16.0. The Hall–Kier alpha value is -3.84. The number of amides is 1. The first-order valence-electron chi connectivity index (χ1n) is 11.2. The fourth-order valence-corrected chi connectivity index (χ4v) is 2.53. The summed E-state index contributed by atoms with van der Waals surface area (Å²) in [5.74, 6) is 0.317. The van der Waals surface area contributed by atoms with Gasteiger partial charge in [-0.2, -0.15) is 4.98 Å². The van der Waals surface area contributed by atoms with E-state index >= 15 is 0 Å². The smallest absolute Gasteiger partial charge is 0.279 e. The molecule has 0 bridgehead atoms. The molecule has 1 heterocycles. The normalized spacial score (nSPS) is 11.1. The molecule has 1 amide bonds. The average molecular weight is 519 g/mol. The lowest BCUT2D eigenvalue weighted by Crippen LogP contribution is -2.31. The second-order valence-corrected chi connectivity index (χ2v) is 7.60. The van der Waals surface area contributed by atoms with Crippen LogP contribution in [-0.2, 0) is 32.1 Å². The van der Waals surface area contributed by atoms with Gasteiger partial charge < -0.3 is 40.7 Å². The van der Waals surface area contributed by atoms with Gasteiger partial charge in [0.2, 0.25) is 17.6 Å². The number of aryl methyl sites for hydroxylation is 1. The van der Waals surface area contributed by atoms with Gasteiger partial charge in [-0.25, -0.2) is 0 Å². The Kier molecular flexibility index (Phi) is 13.5. The summed E-state index contributed by atoms with van der Waals surface area (Å²) in [7, 11) is 4.56. The fraction of sp³-hybridized carbons (Fsp3) is 0.360. The molecule has 12 nitrogen and oxygen atoms in total. The Bertz CT molecular complexity index is 1090. The summed E-state index contributed by atoms with van der Waals surface area (Å²) in [6, 6.07) is 14.9. The number of hydrogen-bond acceptors (Lipinski definition) is 10. The lowest BCUT2D eigenvalue weighted by atomic mass is 10.1. The standard InChI is InChI=1S/C12H13N3O2.C8H11N3O.C5H12O3.H2/c1-8(16)13-7-10-3-5-11(6-4-10)12-14-9(2)17-15-12;9-5-6-1-3-7(4-2-6)8(10)11-12;1-5(6-2,7-3)8-4;/h3-6H,7H2,1-2H3,(H,13,16);1-4,12H,5,9H2,(H2,10,11);1-4H3;1H. The highest BCUT2D eigenvalue weighted by molar-refractivity contribution is 5.96. The van der Waals surface area contributed by atoms with Crippen molar-refractivity contribution in [3.05, 3.63) is 71.1 Å². The van der Waals surface area contributed by atoms with Gasteiger partial charge in [-0.1, -0.05) is 58.8 Å². The molecule has 0 spiro atoms. The van der Waals surface area contributed by atoms with Crippen LogP contribution >= 0.6 is 0 Å². The third-order valence-electron chi connectivity index (χ3n) is 4.99. The Balaban J connectivity index is 0.000000574. The molecule has 0 saturated carbocycles. The number of ether oxygens (including phenoxy) is 3. The van der Waals surface area contributed by atoms with E-state index in [1.54, 1.807) is 26.0 Å². The summed E-state index contributed by atoms with van der Waals surface area (Å²) in [5.41, 5.74) is 14.4. The minimum atomic E-state index is -0.875. The Labute approximate surface area is 218 Å². The van der Waals surface area contributed by atoms with Crippen molar-refractivity contribution in [2.45, 2.75) is 39.8 Å². The minimum Gasteiger partial charge on any atom is -0.409 e. The lowest BCUT2D eigenvalue weighted by molar-refractivity contribution is -0.340. The van der Waals surface area contributed by atoms with Crippen molar-refractivity contribution in [1.82, 2.24) is 15.5 Å². The van der Waals surface area contributed by atoms with Crippen molar-refractivity contribution in [3.63, 3.8) is 0 Å². The third kappa shape index (κ3) is 11.2. The number of nitrogens with two attached hydrogens (primary N) is 2. The highest BCUT2D eigenvalue weighted by Gasteiger charge is 2.20. The first-order chi connectivity index (χ1) is 17.6. The van der Waals surface area contributed by atoms with Gasteiger partial charge >= 0.3 is 0 Å². The SMILES string of the molecule is CC(=O)NCc1ccc(-c2noc(C)n2)cc1.COC(C)(OC)OC.NCc1ccc(C(N)=NO)cc1.[HH]. The summed E-state index contributed by atoms with van der Waals surface area (Å²) in [5, 5.41) is 17.8. The van der Waals surface area contributed by atoms with Gasteiger partial charge in [0.05, 0.1) is 0 Å². The van der Waals surface area contributed by atoms with Crippen LogP contribution in [0.4, 0.5) is 0 Å². The molecule has 6 N–H and O–H groups in total. The van der Waals surface area contributed by atoms with Crippen LogP contribution in [0.5, 0.6) is 0 Å². The maximum atomic E-state index is 10.8. The van der Waals surface area contributed by atoms with Crippen LogP contribution in [0.25, 0.3) is 11.4 Å². The molecule has 37 heavy (non-hydrogen) atoms. The van der Waals surface area contributed by atoms with Gasteiger partial charge in [-0.05, 0) is 11.1 Å². The molecule has 1 aromatic heterocycles. The van der Waals surface area contributed by atoms with Crippen molar-refractivity contribution >= 4 is 11.7 Å². The van der Waals surface area contributed by atoms with E-state index < -0.39 is 5.97 Å². The fourth-order valence-electron chi connectivity index (χ4n) is 2.53. The molecule has 204 valence electrons. The molecule has 0 aliphatic rings. The van der Waals surface area contributed by atoms with Gasteiger partial charge in [0.15, 0.2) is 5.84 Å². The summed E-state index contributed by atoms with van der Waals surface area (Å²) in [6.45, 7) is 5.96. The number of oxime groups is 1. The Morgan fingerprint density at radius 2 is 1.62 bits per heavy atom. The van der Waals surface area contributed by atoms with E-state index in [1.165, 1.54) is 28.3 Å². The van der Waals surface area contributed by atoms with Crippen molar-refractivity contribution < 1.29 is 30.2 Å². The Morgan fingerprint density at radius 3 is 2.00 bits per heavy atom. The van der Waals surface area contributed by atoms with Crippen molar-refractivity contribution in [2.24, 2.45) is 16.6 Å². The maximum Gasteiger partial charge on any atom is 0.279 e. The molecular formula is C25H38N6O6. The van der Waals surface area contributed by atoms with Crippen LogP contribution < -0.4 is 16.8 Å². The molecule has 3 aromatic rings. The first kappa shape index (κ1) is 31.2. The molecule has 0 saturated heterocycles. The number of nitrogens with one attached hydrogen (secondary N) is 1. The molecule has 0 aliphatic heterocycles. The van der Waals surface area contributed by atoms with Gasteiger partial charge in [-0.15, -0.1) is 0 Å². The highest BCUT2D eigenvalue weighted by Crippen LogP contribution is 2.16. The molecular weight excluding hydrogens is 480 g/mol. The van der Waals surface area contributed by atoms with E-state index in [4.69, 9.17) is 35.4 Å². The zero-order valence-corrected chi connectivity index (χ0v) is 22.0. The predicted molar refractivity (Wildman–Crippen MR) is 140 cm³/mol. The molecule has 12 heteroatoms. The first-order valence-corrected chi connectivity index (χ1v) is 11.2. The Morgan fingerprint density at radius 1 is 1.08 bits per heavy atom.